The number of aliphatic carboxylic acids is 1. The van der Waals surface area contributed by atoms with Gasteiger partial charge >= 0.3 is 5.97 Å². The predicted molar refractivity (Wildman–Crippen MR) is 80.8 cm³/mol. The molecule has 0 radical (unpaired) electrons. The van der Waals surface area contributed by atoms with E-state index in [2.05, 4.69) is 5.32 Å². The van der Waals surface area contributed by atoms with Crippen molar-refractivity contribution in [2.45, 2.75) is 39.2 Å². The first-order valence-electron chi connectivity index (χ1n) is 6.61. The number of hydrogen-bond donors (Lipinski definition) is 2. The van der Waals surface area contributed by atoms with Crippen LogP contribution in [0.25, 0.3) is 0 Å². The lowest BCUT2D eigenvalue weighted by atomic mass is 9.98. The summed E-state index contributed by atoms with van der Waals surface area (Å²) in [4.78, 5) is 22.4. The van der Waals surface area contributed by atoms with Crippen LogP contribution < -0.4 is 10.1 Å². The molecule has 0 unspecified atom stereocenters. The van der Waals surface area contributed by atoms with Gasteiger partial charge in [0.05, 0.1) is 0 Å². The average molecular weight is 314 g/mol. The van der Waals surface area contributed by atoms with Crippen molar-refractivity contribution in [1.29, 1.82) is 0 Å². The zero-order chi connectivity index (χ0) is 16.0. The van der Waals surface area contributed by atoms with Gasteiger partial charge in [-0.1, -0.05) is 11.6 Å². The molecule has 116 valence electrons. The molecule has 1 aromatic rings. The predicted octanol–water partition coefficient (Wildman–Crippen LogP) is 2.79. The van der Waals surface area contributed by atoms with Crippen molar-refractivity contribution < 1.29 is 19.4 Å². The highest BCUT2D eigenvalue weighted by molar-refractivity contribution is 6.30. The lowest BCUT2D eigenvalue weighted by Crippen LogP contribution is -2.45. The quantitative estimate of drug-likeness (QED) is 0.811. The van der Waals surface area contributed by atoms with E-state index in [0.717, 1.165) is 5.56 Å². The molecule has 1 amide bonds. The first kappa shape index (κ1) is 17.3. The second-order valence-electron chi connectivity index (χ2n) is 5.52. The topological polar surface area (TPSA) is 75.6 Å². The molecule has 0 fully saturated rings. The molecule has 1 rings (SSSR count). The van der Waals surface area contributed by atoms with Gasteiger partial charge in [0.15, 0.2) is 6.61 Å². The van der Waals surface area contributed by atoms with Crippen LogP contribution in [0.1, 0.15) is 32.3 Å². The summed E-state index contributed by atoms with van der Waals surface area (Å²) in [5.41, 5.74) is 0.258. The van der Waals surface area contributed by atoms with Gasteiger partial charge in [0.2, 0.25) is 0 Å². The van der Waals surface area contributed by atoms with E-state index >= 15 is 0 Å². The van der Waals surface area contributed by atoms with Crippen molar-refractivity contribution in [1.82, 2.24) is 5.32 Å². The minimum absolute atomic E-state index is 0.00439. The Hall–Kier alpha value is -1.75. The maximum absolute atomic E-state index is 11.8. The van der Waals surface area contributed by atoms with Crippen LogP contribution in [0.4, 0.5) is 0 Å². The lowest BCUT2D eigenvalue weighted by Gasteiger charge is -2.25. The van der Waals surface area contributed by atoms with Crippen LogP contribution in [0.5, 0.6) is 5.75 Å². The molecule has 6 heteroatoms. The molecule has 5 nitrogen and oxygen atoms in total. The number of carbonyl (C=O) groups is 2. The minimum atomic E-state index is -0.884. The van der Waals surface area contributed by atoms with Crippen LogP contribution in [0.15, 0.2) is 18.2 Å². The molecule has 0 aliphatic carbocycles. The van der Waals surface area contributed by atoms with Crippen LogP contribution in [-0.2, 0) is 9.59 Å². The normalized spacial score (nSPS) is 11.0. The van der Waals surface area contributed by atoms with Gasteiger partial charge in [-0.25, -0.2) is 0 Å². The molecule has 0 aliphatic heterocycles. The molecule has 0 spiro atoms. The number of rotatable bonds is 7. The summed E-state index contributed by atoms with van der Waals surface area (Å²) in [5.74, 6) is -0.581. The van der Waals surface area contributed by atoms with Crippen LogP contribution in [-0.4, -0.2) is 29.1 Å². The second-order valence-corrected chi connectivity index (χ2v) is 5.96. The second kappa shape index (κ2) is 7.31. The molecule has 0 bridgehead atoms. The van der Waals surface area contributed by atoms with E-state index in [-0.39, 0.29) is 18.9 Å². The Labute approximate surface area is 129 Å². The van der Waals surface area contributed by atoms with E-state index in [0.29, 0.717) is 17.2 Å². The lowest BCUT2D eigenvalue weighted by molar-refractivity contribution is -0.138. The van der Waals surface area contributed by atoms with Crippen molar-refractivity contribution in [3.63, 3.8) is 0 Å². The highest BCUT2D eigenvalue weighted by atomic mass is 35.5. The summed E-state index contributed by atoms with van der Waals surface area (Å²) in [7, 11) is 0. The fourth-order valence-electron chi connectivity index (χ4n) is 1.81. The highest BCUT2D eigenvalue weighted by Gasteiger charge is 2.21. The molecular weight excluding hydrogens is 294 g/mol. The zero-order valence-corrected chi connectivity index (χ0v) is 13.2. The van der Waals surface area contributed by atoms with Gasteiger partial charge in [-0.3, -0.25) is 9.59 Å². The first-order valence-corrected chi connectivity index (χ1v) is 6.99. The van der Waals surface area contributed by atoms with Gasteiger partial charge in [0, 0.05) is 17.0 Å². The number of nitrogens with one attached hydrogen (secondary N) is 1. The molecular formula is C15H20ClNO4. The number of ether oxygens (including phenoxy) is 1. The monoisotopic (exact) mass is 313 g/mol. The SMILES string of the molecule is Cc1cc(Cl)ccc1OCC(=O)NC(C)(C)CCC(=O)O. The average Bonchev–Trinajstić information content (AvgIpc) is 2.35. The number of hydrogen-bond acceptors (Lipinski definition) is 3. The smallest absolute Gasteiger partial charge is 0.303 e. The molecule has 0 aliphatic rings. The van der Waals surface area contributed by atoms with E-state index < -0.39 is 11.5 Å². The molecule has 0 aromatic heterocycles. The Balaban J connectivity index is 2.48. The summed E-state index contributed by atoms with van der Waals surface area (Å²) >= 11 is 5.84. The van der Waals surface area contributed by atoms with Gasteiger partial charge in [-0.05, 0) is 51.0 Å². The highest BCUT2D eigenvalue weighted by Crippen LogP contribution is 2.21. The molecule has 0 heterocycles. The van der Waals surface area contributed by atoms with Gasteiger partial charge in [0.1, 0.15) is 5.75 Å². The molecule has 21 heavy (non-hydrogen) atoms. The number of aryl methyl sites for hydroxylation is 1. The molecule has 0 atom stereocenters. The summed E-state index contributed by atoms with van der Waals surface area (Å²) in [6.07, 6.45) is 0.360. The minimum Gasteiger partial charge on any atom is -0.484 e. The fourth-order valence-corrected chi connectivity index (χ4v) is 2.04. The third-order valence-corrected chi connectivity index (χ3v) is 3.17. The van der Waals surface area contributed by atoms with Crippen molar-refractivity contribution in [3.8, 4) is 5.75 Å². The maximum atomic E-state index is 11.8. The van der Waals surface area contributed by atoms with E-state index in [1.165, 1.54) is 0 Å². The van der Waals surface area contributed by atoms with Gasteiger partial charge in [-0.15, -0.1) is 0 Å². The Kier molecular flexibility index (Phi) is 6.03. The van der Waals surface area contributed by atoms with E-state index in [4.69, 9.17) is 21.4 Å². The van der Waals surface area contributed by atoms with Crippen molar-refractivity contribution in [3.05, 3.63) is 28.8 Å². The summed E-state index contributed by atoms with van der Waals surface area (Å²) in [6, 6.07) is 5.16. The van der Waals surface area contributed by atoms with E-state index in [9.17, 15) is 9.59 Å². The van der Waals surface area contributed by atoms with Gasteiger partial charge in [0.25, 0.3) is 5.91 Å². The summed E-state index contributed by atoms with van der Waals surface area (Å²) in [6.45, 7) is 5.28. The Morgan fingerprint density at radius 1 is 1.38 bits per heavy atom. The van der Waals surface area contributed by atoms with Crippen LogP contribution in [0, 0.1) is 6.92 Å². The summed E-state index contributed by atoms with van der Waals surface area (Å²) in [5, 5.41) is 12.0. The Bertz CT molecular complexity index is 528. The van der Waals surface area contributed by atoms with Gasteiger partial charge < -0.3 is 15.2 Å². The van der Waals surface area contributed by atoms with Crippen LogP contribution in [0.3, 0.4) is 0 Å². The molecule has 1 aromatic carbocycles. The zero-order valence-electron chi connectivity index (χ0n) is 12.4. The number of amides is 1. The Morgan fingerprint density at radius 2 is 2.05 bits per heavy atom. The van der Waals surface area contributed by atoms with Crippen molar-refractivity contribution >= 4 is 23.5 Å². The molecule has 0 saturated heterocycles. The number of halogens is 1. The van der Waals surface area contributed by atoms with E-state index in [1.54, 1.807) is 32.0 Å². The summed E-state index contributed by atoms with van der Waals surface area (Å²) < 4.78 is 5.44. The molecule has 0 saturated carbocycles. The van der Waals surface area contributed by atoms with Crippen LogP contribution >= 0.6 is 11.6 Å². The first-order chi connectivity index (χ1) is 9.69. The third-order valence-electron chi connectivity index (χ3n) is 2.94. The fraction of sp³-hybridized carbons (Fsp3) is 0.467. The number of carboxylic acid groups (broad SMARTS) is 1. The number of benzene rings is 1. The standard InChI is InChI=1S/C15H20ClNO4/c1-10-8-11(16)4-5-12(10)21-9-13(18)17-15(2,3)7-6-14(19)20/h4-5,8H,6-7,9H2,1-3H3,(H,17,18)(H,19,20). The van der Waals surface area contributed by atoms with E-state index in [1.807, 2.05) is 6.92 Å². The number of carboxylic acids is 1. The van der Waals surface area contributed by atoms with Crippen molar-refractivity contribution in [2.24, 2.45) is 0 Å². The van der Waals surface area contributed by atoms with Crippen LogP contribution in [0.2, 0.25) is 5.02 Å². The third kappa shape index (κ3) is 6.49. The molecule has 2 N–H and O–H groups in total. The largest absolute Gasteiger partial charge is 0.484 e. The van der Waals surface area contributed by atoms with Gasteiger partial charge in [-0.2, -0.15) is 0 Å². The Morgan fingerprint density at radius 3 is 2.62 bits per heavy atom. The number of carbonyl (C=O) groups excluding carboxylic acids is 1. The maximum Gasteiger partial charge on any atom is 0.303 e. The van der Waals surface area contributed by atoms with Crippen molar-refractivity contribution in [2.75, 3.05) is 6.61 Å².